The quantitative estimate of drug-likeness (QED) is 0.478. The number of nitrogens with one attached hydrogen (secondary N) is 1. The van der Waals surface area contributed by atoms with Crippen LogP contribution >= 0.6 is 11.8 Å². The van der Waals surface area contributed by atoms with Gasteiger partial charge in [-0.15, -0.1) is 0 Å². The Labute approximate surface area is 193 Å². The summed E-state index contributed by atoms with van der Waals surface area (Å²) in [4.78, 5) is 24.7. The number of thioether (sulfide) groups is 1. The highest BCUT2D eigenvalue weighted by Gasteiger charge is 2.42. The third kappa shape index (κ3) is 5.19. The van der Waals surface area contributed by atoms with Gasteiger partial charge in [0.2, 0.25) is 0 Å². The third-order valence-corrected chi connectivity index (χ3v) is 6.37. The van der Waals surface area contributed by atoms with Crippen molar-refractivity contribution in [2.75, 3.05) is 37.7 Å². The zero-order valence-corrected chi connectivity index (χ0v) is 19.4. The summed E-state index contributed by atoms with van der Waals surface area (Å²) in [5, 5.41) is 3.32. The zero-order valence-electron chi connectivity index (χ0n) is 18.6. The van der Waals surface area contributed by atoms with Crippen molar-refractivity contribution in [2.24, 2.45) is 9.98 Å². The van der Waals surface area contributed by atoms with Crippen molar-refractivity contribution in [2.45, 2.75) is 19.4 Å². The topological polar surface area (TPSA) is 66.3 Å². The second-order valence-corrected chi connectivity index (χ2v) is 8.75. The molecule has 1 aromatic carbocycles. The van der Waals surface area contributed by atoms with Crippen LogP contribution in [0.15, 0.2) is 71.0 Å². The lowest BCUT2D eigenvalue weighted by Gasteiger charge is -2.37. The van der Waals surface area contributed by atoms with Crippen LogP contribution < -0.4 is 5.32 Å². The molecule has 2 aliphatic rings. The lowest BCUT2D eigenvalue weighted by Crippen LogP contribution is -2.47. The average molecular weight is 457 g/mol. The SMILES string of the molecule is C=CN=C(C=C)C1=NC(C)(c2ccc(F)cc2)C(C(=O)OCC)=C(CN2CCSCC2)N1. The highest BCUT2D eigenvalue weighted by Crippen LogP contribution is 2.38. The number of rotatable bonds is 8. The molecule has 1 saturated heterocycles. The maximum Gasteiger partial charge on any atom is 0.338 e. The molecule has 3 rings (SSSR count). The smallest absolute Gasteiger partial charge is 0.338 e. The second kappa shape index (κ2) is 10.7. The fraction of sp³-hybridized carbons (Fsp3) is 0.375. The molecular formula is C24H29FN4O2S. The van der Waals surface area contributed by atoms with Crippen LogP contribution in [-0.2, 0) is 15.1 Å². The summed E-state index contributed by atoms with van der Waals surface area (Å²) in [6.07, 6.45) is 3.01. The number of aliphatic imine (C=N–C) groups is 2. The van der Waals surface area contributed by atoms with Crippen LogP contribution in [0.3, 0.4) is 0 Å². The molecule has 1 aromatic rings. The van der Waals surface area contributed by atoms with E-state index >= 15 is 0 Å². The van der Waals surface area contributed by atoms with Crippen LogP contribution in [0.5, 0.6) is 0 Å². The van der Waals surface area contributed by atoms with Crippen LogP contribution in [0.25, 0.3) is 0 Å². The Hall–Kier alpha value is -2.71. The first-order valence-electron chi connectivity index (χ1n) is 10.6. The summed E-state index contributed by atoms with van der Waals surface area (Å²) in [6.45, 7) is 13.7. The first kappa shape index (κ1) is 23.9. The minimum Gasteiger partial charge on any atom is -0.463 e. The van der Waals surface area contributed by atoms with E-state index in [4.69, 9.17) is 9.73 Å². The van der Waals surface area contributed by atoms with Gasteiger partial charge in [0.25, 0.3) is 0 Å². The summed E-state index contributed by atoms with van der Waals surface area (Å²) in [6, 6.07) is 6.03. The number of benzene rings is 1. The molecule has 0 saturated carbocycles. The lowest BCUT2D eigenvalue weighted by molar-refractivity contribution is -0.139. The molecule has 0 aliphatic carbocycles. The summed E-state index contributed by atoms with van der Waals surface area (Å²) < 4.78 is 19.1. The van der Waals surface area contributed by atoms with Crippen molar-refractivity contribution in [1.29, 1.82) is 0 Å². The Balaban J connectivity index is 2.19. The fourth-order valence-corrected chi connectivity index (χ4v) is 4.83. The molecule has 2 heterocycles. The highest BCUT2D eigenvalue weighted by atomic mass is 32.2. The van der Waals surface area contributed by atoms with Crippen molar-refractivity contribution in [3.8, 4) is 0 Å². The molecule has 0 aromatic heterocycles. The van der Waals surface area contributed by atoms with Crippen LogP contribution in [0.4, 0.5) is 4.39 Å². The number of carbonyl (C=O) groups excluding carboxylic acids is 1. The second-order valence-electron chi connectivity index (χ2n) is 7.53. The predicted molar refractivity (Wildman–Crippen MR) is 130 cm³/mol. The van der Waals surface area contributed by atoms with Gasteiger partial charge in [-0.05, 0) is 37.6 Å². The minimum absolute atomic E-state index is 0.238. The van der Waals surface area contributed by atoms with E-state index in [2.05, 4.69) is 28.4 Å². The van der Waals surface area contributed by atoms with Crippen molar-refractivity contribution < 1.29 is 13.9 Å². The molecule has 32 heavy (non-hydrogen) atoms. The first-order chi connectivity index (χ1) is 15.4. The predicted octanol–water partition coefficient (Wildman–Crippen LogP) is 3.68. The Kier molecular flexibility index (Phi) is 8.04. The van der Waals surface area contributed by atoms with Crippen LogP contribution in [0.1, 0.15) is 19.4 Å². The molecule has 1 atom stereocenters. The van der Waals surface area contributed by atoms with E-state index in [0.29, 0.717) is 34.9 Å². The minimum atomic E-state index is -1.11. The number of ether oxygens (including phenoxy) is 1. The standard InChI is InChI=1S/C24H29FN4O2S/c1-5-19(26-6-2)22-27-20(16-29-12-14-32-15-13-29)21(23(30)31-7-3)24(4,28-22)17-8-10-18(25)11-9-17/h5-6,8-11H,1-2,7,12-16H2,3-4H3,(H,27,28). The molecule has 170 valence electrons. The van der Waals surface area contributed by atoms with Crippen LogP contribution in [0, 0.1) is 5.82 Å². The summed E-state index contributed by atoms with van der Waals surface area (Å²) >= 11 is 1.92. The summed E-state index contributed by atoms with van der Waals surface area (Å²) in [7, 11) is 0. The summed E-state index contributed by atoms with van der Waals surface area (Å²) in [5.41, 5.74) is 1.18. The van der Waals surface area contributed by atoms with Gasteiger partial charge in [0.15, 0.2) is 5.84 Å². The maximum atomic E-state index is 13.7. The Morgan fingerprint density at radius 3 is 2.62 bits per heavy atom. The Morgan fingerprint density at radius 1 is 1.34 bits per heavy atom. The van der Waals surface area contributed by atoms with Gasteiger partial charge in [-0.3, -0.25) is 9.89 Å². The van der Waals surface area contributed by atoms with Crippen molar-refractivity contribution in [3.63, 3.8) is 0 Å². The maximum absolute atomic E-state index is 13.7. The third-order valence-electron chi connectivity index (χ3n) is 5.43. The molecule has 8 heteroatoms. The molecule has 0 radical (unpaired) electrons. The van der Waals surface area contributed by atoms with Gasteiger partial charge >= 0.3 is 5.97 Å². The number of esters is 1. The number of nitrogens with zero attached hydrogens (tertiary/aromatic N) is 3. The van der Waals surface area contributed by atoms with E-state index in [-0.39, 0.29) is 12.4 Å². The number of hydrogen-bond acceptors (Lipinski definition) is 7. The molecule has 1 fully saturated rings. The van der Waals surface area contributed by atoms with E-state index in [9.17, 15) is 9.18 Å². The van der Waals surface area contributed by atoms with Crippen LogP contribution in [0.2, 0.25) is 0 Å². The molecule has 1 N–H and O–H groups in total. The van der Waals surface area contributed by atoms with Crippen LogP contribution in [-0.4, -0.2) is 60.2 Å². The lowest BCUT2D eigenvalue weighted by atomic mass is 9.82. The number of amidine groups is 1. The van der Waals surface area contributed by atoms with Crippen molar-refractivity contribution in [3.05, 3.63) is 72.4 Å². The first-order valence-corrected chi connectivity index (χ1v) is 11.7. The molecule has 0 spiro atoms. The van der Waals surface area contributed by atoms with Gasteiger partial charge in [-0.25, -0.2) is 14.2 Å². The van der Waals surface area contributed by atoms with E-state index < -0.39 is 11.5 Å². The summed E-state index contributed by atoms with van der Waals surface area (Å²) in [5.74, 6) is 1.74. The highest BCUT2D eigenvalue weighted by molar-refractivity contribution is 7.99. The number of carbonyl (C=O) groups is 1. The number of hydrogen-bond donors (Lipinski definition) is 1. The van der Waals surface area contributed by atoms with Gasteiger partial charge in [0.1, 0.15) is 17.1 Å². The van der Waals surface area contributed by atoms with Gasteiger partial charge in [-0.2, -0.15) is 11.8 Å². The largest absolute Gasteiger partial charge is 0.463 e. The van der Waals surface area contributed by atoms with E-state index in [1.807, 2.05) is 18.7 Å². The van der Waals surface area contributed by atoms with Gasteiger partial charge in [-0.1, -0.05) is 25.3 Å². The normalized spacial score (nSPS) is 22.1. The molecule has 6 nitrogen and oxygen atoms in total. The van der Waals surface area contributed by atoms with E-state index in [0.717, 1.165) is 24.6 Å². The monoisotopic (exact) mass is 456 g/mol. The average Bonchev–Trinajstić information content (AvgIpc) is 2.78. The van der Waals surface area contributed by atoms with Gasteiger partial charge in [0.05, 0.1) is 12.2 Å². The molecule has 0 amide bonds. The van der Waals surface area contributed by atoms with E-state index in [1.54, 1.807) is 25.1 Å². The Bertz CT molecular complexity index is 965. The fourth-order valence-electron chi connectivity index (χ4n) is 3.85. The molecule has 1 unspecified atom stereocenters. The molecule has 0 bridgehead atoms. The molecule has 2 aliphatic heterocycles. The Morgan fingerprint density at radius 2 is 2.03 bits per heavy atom. The number of halogens is 1. The molecular weight excluding hydrogens is 427 g/mol. The van der Waals surface area contributed by atoms with Crippen molar-refractivity contribution in [1.82, 2.24) is 10.2 Å². The van der Waals surface area contributed by atoms with E-state index in [1.165, 1.54) is 18.3 Å². The van der Waals surface area contributed by atoms with Crippen molar-refractivity contribution >= 4 is 29.3 Å². The van der Waals surface area contributed by atoms with Gasteiger partial charge < -0.3 is 10.1 Å². The zero-order chi connectivity index (χ0) is 23.1. The van der Waals surface area contributed by atoms with Gasteiger partial charge in [0, 0.05) is 43.0 Å².